The molecule has 0 radical (unpaired) electrons. The first-order valence-electron chi connectivity index (χ1n) is 22.1. The number of hydrogen-bond acceptors (Lipinski definition) is 9. The Kier molecular flexibility index (Phi) is 39.0. The number of carbonyl (C=O) groups is 2. The summed E-state index contributed by atoms with van der Waals surface area (Å²) >= 11 is 0. The number of carbonyl (C=O) groups excluding carboxylic acids is 2. The summed E-state index contributed by atoms with van der Waals surface area (Å²) in [6.07, 6.45) is 36.4. The molecule has 1 unspecified atom stereocenters. The summed E-state index contributed by atoms with van der Waals surface area (Å²) in [6.45, 7) is 3.93. The van der Waals surface area contributed by atoms with E-state index in [9.17, 15) is 24.2 Å². The van der Waals surface area contributed by atoms with Crippen molar-refractivity contribution in [3.05, 3.63) is 12.7 Å². The van der Waals surface area contributed by atoms with Crippen molar-refractivity contribution >= 4 is 19.8 Å². The van der Waals surface area contributed by atoms with Crippen molar-refractivity contribution in [1.82, 2.24) is 0 Å². The van der Waals surface area contributed by atoms with Crippen molar-refractivity contribution in [3.8, 4) is 0 Å². The molecule has 3 atom stereocenters. The summed E-state index contributed by atoms with van der Waals surface area (Å²) in [5.41, 5.74) is 0. The van der Waals surface area contributed by atoms with Gasteiger partial charge in [-0.1, -0.05) is 180 Å². The Hall–Kier alpha value is -1.29. The fourth-order valence-corrected chi connectivity index (χ4v) is 7.18. The Labute approximate surface area is 330 Å². The van der Waals surface area contributed by atoms with Gasteiger partial charge in [0.2, 0.25) is 0 Å². The average Bonchev–Trinajstić information content (AvgIpc) is 3.16. The van der Waals surface area contributed by atoms with Crippen molar-refractivity contribution < 1.29 is 47.8 Å². The van der Waals surface area contributed by atoms with Crippen molar-refractivity contribution in [2.24, 2.45) is 0 Å². The van der Waals surface area contributed by atoms with Gasteiger partial charge in [-0.25, -0.2) is 4.57 Å². The predicted molar refractivity (Wildman–Crippen MR) is 219 cm³/mol. The van der Waals surface area contributed by atoms with Crippen molar-refractivity contribution in [3.63, 3.8) is 0 Å². The van der Waals surface area contributed by atoms with Gasteiger partial charge in [-0.15, -0.1) is 6.58 Å². The van der Waals surface area contributed by atoms with Crippen LogP contribution >= 0.6 is 7.82 Å². The van der Waals surface area contributed by atoms with Gasteiger partial charge in [0.15, 0.2) is 6.10 Å². The molecule has 320 valence electrons. The van der Waals surface area contributed by atoms with E-state index < -0.39 is 51.8 Å². The Bertz CT molecular complexity index is 901. The van der Waals surface area contributed by atoms with Crippen LogP contribution in [0.25, 0.3) is 0 Å². The van der Waals surface area contributed by atoms with Crippen LogP contribution in [-0.4, -0.2) is 65.7 Å². The second-order valence-electron chi connectivity index (χ2n) is 15.2. The van der Waals surface area contributed by atoms with Crippen LogP contribution < -0.4 is 0 Å². The highest BCUT2D eigenvalue weighted by atomic mass is 31.2. The van der Waals surface area contributed by atoms with Crippen LogP contribution in [0.2, 0.25) is 0 Å². The molecular formula is C43H83O10P. The van der Waals surface area contributed by atoms with E-state index in [1.165, 1.54) is 135 Å². The summed E-state index contributed by atoms with van der Waals surface area (Å²) in [5, 5.41) is 18.3. The molecule has 11 heteroatoms. The number of phosphoric acid groups is 1. The summed E-state index contributed by atoms with van der Waals surface area (Å²) in [7, 11) is -4.61. The minimum absolute atomic E-state index is 0.190. The Morgan fingerprint density at radius 3 is 1.35 bits per heavy atom. The van der Waals surface area contributed by atoms with Gasteiger partial charge < -0.3 is 24.6 Å². The topological polar surface area (TPSA) is 149 Å². The molecule has 0 amide bonds. The SMILES string of the molecule is C=CCCCCCCCCCCCCCCCC(=O)OC[C@H](COP(=O)(O)OC[C@@H](O)CO)OC(=O)CCCCCCCCCCCCCCCCCC. The lowest BCUT2D eigenvalue weighted by molar-refractivity contribution is -0.161. The molecule has 0 saturated carbocycles. The van der Waals surface area contributed by atoms with E-state index in [4.69, 9.17) is 23.6 Å². The third-order valence-electron chi connectivity index (χ3n) is 9.82. The molecule has 0 fully saturated rings. The van der Waals surface area contributed by atoms with Gasteiger partial charge in [-0.2, -0.15) is 0 Å². The second-order valence-corrected chi connectivity index (χ2v) is 16.6. The first-order chi connectivity index (χ1) is 26.2. The van der Waals surface area contributed by atoms with Gasteiger partial charge in [0.25, 0.3) is 0 Å². The third-order valence-corrected chi connectivity index (χ3v) is 10.8. The van der Waals surface area contributed by atoms with E-state index in [1.54, 1.807) is 0 Å². The fraction of sp³-hybridized carbons (Fsp3) is 0.907. The van der Waals surface area contributed by atoms with E-state index in [1.807, 2.05) is 6.08 Å². The Balaban J connectivity index is 4.23. The monoisotopic (exact) mass is 791 g/mol. The molecule has 0 spiro atoms. The molecule has 0 aromatic rings. The average molecular weight is 791 g/mol. The predicted octanol–water partition coefficient (Wildman–Crippen LogP) is 11.6. The van der Waals surface area contributed by atoms with Crippen LogP contribution in [0, 0.1) is 0 Å². The zero-order valence-electron chi connectivity index (χ0n) is 34.5. The minimum atomic E-state index is -4.61. The van der Waals surface area contributed by atoms with Gasteiger partial charge >= 0.3 is 19.8 Å². The van der Waals surface area contributed by atoms with Gasteiger partial charge in [-0.3, -0.25) is 18.6 Å². The highest BCUT2D eigenvalue weighted by molar-refractivity contribution is 7.47. The number of ether oxygens (including phenoxy) is 2. The van der Waals surface area contributed by atoms with Gasteiger partial charge in [0, 0.05) is 12.8 Å². The quantitative estimate of drug-likeness (QED) is 0.0236. The summed E-state index contributed by atoms with van der Waals surface area (Å²) in [6, 6.07) is 0. The maximum absolute atomic E-state index is 12.6. The van der Waals surface area contributed by atoms with Crippen LogP contribution in [-0.2, 0) is 32.7 Å². The van der Waals surface area contributed by atoms with Crippen LogP contribution in [0.1, 0.15) is 212 Å². The minimum Gasteiger partial charge on any atom is -0.462 e. The smallest absolute Gasteiger partial charge is 0.462 e. The fourth-order valence-electron chi connectivity index (χ4n) is 6.39. The molecule has 0 aromatic heterocycles. The first kappa shape index (κ1) is 52.7. The number of hydrogen-bond donors (Lipinski definition) is 3. The number of unbranched alkanes of at least 4 members (excludes halogenated alkanes) is 28. The number of aliphatic hydroxyl groups excluding tert-OH is 2. The highest BCUT2D eigenvalue weighted by Crippen LogP contribution is 2.43. The second kappa shape index (κ2) is 39.9. The first-order valence-corrected chi connectivity index (χ1v) is 23.6. The molecule has 10 nitrogen and oxygen atoms in total. The van der Waals surface area contributed by atoms with Crippen molar-refractivity contribution in [1.29, 1.82) is 0 Å². The number of rotatable bonds is 43. The third kappa shape index (κ3) is 39.0. The molecule has 54 heavy (non-hydrogen) atoms. The number of aliphatic hydroxyl groups is 2. The lowest BCUT2D eigenvalue weighted by atomic mass is 10.0. The molecule has 3 N–H and O–H groups in total. The molecule has 0 aromatic carbocycles. The largest absolute Gasteiger partial charge is 0.472 e. The standard InChI is InChI=1S/C43H83O10P/c1-3-5-7-9-11-13-15-17-19-21-23-25-27-29-31-33-35-43(47)53-41(39-52-54(48,49)51-37-40(45)36-44)38-50-42(46)34-32-30-28-26-24-22-20-18-16-14-12-10-8-6-4-2/h4,40-41,44-45H,2-3,5-39H2,1H3,(H,48,49)/t40-,41+/m0/s1. The van der Waals surface area contributed by atoms with Crippen LogP contribution in [0.3, 0.4) is 0 Å². The normalized spacial score (nSPS) is 13.7. The van der Waals surface area contributed by atoms with Crippen molar-refractivity contribution in [2.45, 2.75) is 225 Å². The lowest BCUT2D eigenvalue weighted by Crippen LogP contribution is -2.29. The van der Waals surface area contributed by atoms with Crippen molar-refractivity contribution in [2.75, 3.05) is 26.4 Å². The van der Waals surface area contributed by atoms with E-state index in [-0.39, 0.29) is 19.4 Å². The number of esters is 2. The molecule has 0 heterocycles. The Morgan fingerprint density at radius 2 is 0.944 bits per heavy atom. The lowest BCUT2D eigenvalue weighted by Gasteiger charge is -2.20. The number of phosphoric ester groups is 1. The van der Waals surface area contributed by atoms with Crippen LogP contribution in [0.4, 0.5) is 0 Å². The molecular weight excluding hydrogens is 707 g/mol. The van der Waals surface area contributed by atoms with Gasteiger partial charge in [0.1, 0.15) is 12.7 Å². The van der Waals surface area contributed by atoms with Gasteiger partial charge in [-0.05, 0) is 25.7 Å². The van der Waals surface area contributed by atoms with Crippen LogP contribution in [0.15, 0.2) is 12.7 Å². The van der Waals surface area contributed by atoms with E-state index in [0.717, 1.165) is 44.9 Å². The molecule has 0 aliphatic carbocycles. The number of allylic oxidation sites excluding steroid dienone is 1. The van der Waals surface area contributed by atoms with E-state index in [2.05, 4.69) is 13.5 Å². The van der Waals surface area contributed by atoms with Gasteiger partial charge in [0.05, 0.1) is 19.8 Å². The highest BCUT2D eigenvalue weighted by Gasteiger charge is 2.27. The summed E-state index contributed by atoms with van der Waals surface area (Å²) < 4.78 is 32.7. The van der Waals surface area contributed by atoms with Crippen LogP contribution in [0.5, 0.6) is 0 Å². The zero-order valence-corrected chi connectivity index (χ0v) is 35.4. The summed E-state index contributed by atoms with van der Waals surface area (Å²) in [5.74, 6) is -0.915. The molecule has 0 saturated heterocycles. The molecule has 0 bridgehead atoms. The van der Waals surface area contributed by atoms with E-state index >= 15 is 0 Å². The molecule has 0 rings (SSSR count). The zero-order chi connectivity index (χ0) is 39.8. The molecule has 0 aliphatic rings. The van der Waals surface area contributed by atoms with E-state index in [0.29, 0.717) is 12.8 Å². The Morgan fingerprint density at radius 1 is 0.574 bits per heavy atom. The maximum atomic E-state index is 12.6. The summed E-state index contributed by atoms with van der Waals surface area (Å²) in [4.78, 5) is 35.0. The molecule has 0 aliphatic heterocycles. The maximum Gasteiger partial charge on any atom is 0.472 e.